The molecule has 0 bridgehead atoms. The lowest BCUT2D eigenvalue weighted by Gasteiger charge is -2.16. The van der Waals surface area contributed by atoms with Crippen LogP contribution in [0.5, 0.6) is 0 Å². The van der Waals surface area contributed by atoms with E-state index in [-0.39, 0.29) is 5.69 Å². The van der Waals surface area contributed by atoms with Crippen molar-refractivity contribution >= 4 is 23.4 Å². The molecule has 176 valence electrons. The van der Waals surface area contributed by atoms with E-state index in [9.17, 15) is 18.0 Å². The molecule has 0 radical (unpaired) electrons. The summed E-state index contributed by atoms with van der Waals surface area (Å²) in [6.07, 6.45) is -0.567. The summed E-state index contributed by atoms with van der Waals surface area (Å²) in [4.78, 5) is 16.7. The van der Waals surface area contributed by atoms with Gasteiger partial charge in [0.2, 0.25) is 5.91 Å². The average Bonchev–Trinajstić information content (AvgIpc) is 3.19. The number of carbonyl (C=O) groups excluding carboxylic acids is 1. The number of carbonyl (C=O) groups is 1. The Morgan fingerprint density at radius 3 is 2.61 bits per heavy atom. The summed E-state index contributed by atoms with van der Waals surface area (Å²) in [5.41, 5.74) is -0.357. The van der Waals surface area contributed by atoms with Crippen LogP contribution in [0.25, 0.3) is 11.4 Å². The Hall–Kier alpha value is -2.92. The number of halogens is 3. The molecule has 0 saturated heterocycles. The first-order chi connectivity index (χ1) is 15.8. The summed E-state index contributed by atoms with van der Waals surface area (Å²) >= 11 is 1.13. The van der Waals surface area contributed by atoms with Crippen molar-refractivity contribution in [2.75, 3.05) is 18.5 Å². The Morgan fingerprint density at radius 1 is 1.18 bits per heavy atom. The second-order valence-corrected chi connectivity index (χ2v) is 8.34. The lowest BCUT2D eigenvalue weighted by Crippen LogP contribution is -2.24. The fraction of sp³-hybridized carbons (Fsp3) is 0.364. The lowest BCUT2D eigenvalue weighted by molar-refractivity contribution is -0.137. The molecule has 11 heteroatoms. The molecule has 7 nitrogen and oxygen atoms in total. The third-order valence-electron chi connectivity index (χ3n) is 4.67. The molecule has 0 aliphatic rings. The number of benzene rings is 1. The van der Waals surface area contributed by atoms with Gasteiger partial charge in [-0.3, -0.25) is 9.78 Å². The van der Waals surface area contributed by atoms with E-state index in [1.807, 2.05) is 23.6 Å². The van der Waals surface area contributed by atoms with E-state index in [1.165, 1.54) is 18.2 Å². The monoisotopic (exact) mass is 479 g/mol. The second-order valence-electron chi connectivity index (χ2n) is 7.04. The molecule has 0 aliphatic heterocycles. The molecule has 1 N–H and O–H groups in total. The number of anilines is 1. The maximum absolute atomic E-state index is 13.2. The molecular formula is C22H24F3N5O2S. The summed E-state index contributed by atoms with van der Waals surface area (Å²) < 4.78 is 47.0. The number of para-hydroxylation sites is 1. The highest BCUT2D eigenvalue weighted by Crippen LogP contribution is 2.35. The molecule has 0 spiro atoms. The maximum atomic E-state index is 13.2. The number of alkyl halides is 3. The van der Waals surface area contributed by atoms with Crippen LogP contribution in [0.1, 0.15) is 25.8 Å². The molecular weight excluding hydrogens is 455 g/mol. The van der Waals surface area contributed by atoms with Crippen LogP contribution in [0.2, 0.25) is 0 Å². The zero-order valence-electron chi connectivity index (χ0n) is 18.2. The van der Waals surface area contributed by atoms with Gasteiger partial charge in [-0.2, -0.15) is 13.2 Å². The SMILES string of the molecule is CCOCCCn1c(S[C@H](C)C(=O)Nc2ccccc2C(F)(F)F)nnc1-c1ccncc1. The fourth-order valence-electron chi connectivity index (χ4n) is 3.05. The van der Waals surface area contributed by atoms with Crippen molar-refractivity contribution in [3.63, 3.8) is 0 Å². The smallest absolute Gasteiger partial charge is 0.382 e. The number of thioether (sulfide) groups is 1. The number of ether oxygens (including phenoxy) is 1. The molecule has 1 amide bonds. The van der Waals surface area contributed by atoms with Crippen molar-refractivity contribution in [1.82, 2.24) is 19.7 Å². The van der Waals surface area contributed by atoms with Crippen LogP contribution in [0.15, 0.2) is 53.9 Å². The van der Waals surface area contributed by atoms with Gasteiger partial charge in [-0.15, -0.1) is 10.2 Å². The molecule has 3 aromatic rings. The first-order valence-electron chi connectivity index (χ1n) is 10.4. The van der Waals surface area contributed by atoms with Crippen molar-refractivity contribution in [3.8, 4) is 11.4 Å². The molecule has 1 aromatic carbocycles. The highest BCUT2D eigenvalue weighted by atomic mass is 32.2. The van der Waals surface area contributed by atoms with Crippen LogP contribution in [-0.4, -0.2) is 44.1 Å². The zero-order chi connectivity index (χ0) is 23.8. The molecule has 33 heavy (non-hydrogen) atoms. The number of hydrogen-bond acceptors (Lipinski definition) is 6. The van der Waals surface area contributed by atoms with Crippen LogP contribution in [-0.2, 0) is 22.3 Å². The van der Waals surface area contributed by atoms with Gasteiger partial charge in [-0.1, -0.05) is 23.9 Å². The van der Waals surface area contributed by atoms with E-state index in [2.05, 4.69) is 20.5 Å². The Labute approximate surface area is 193 Å². The van der Waals surface area contributed by atoms with Crippen LogP contribution < -0.4 is 5.32 Å². The number of nitrogens with zero attached hydrogens (tertiary/aromatic N) is 4. The van der Waals surface area contributed by atoms with Gasteiger partial charge in [0.1, 0.15) is 0 Å². The standard InChI is InChI=1S/C22H24F3N5O2S/c1-3-32-14-6-13-30-19(16-9-11-26-12-10-16)28-29-21(30)33-15(2)20(31)27-18-8-5-4-7-17(18)22(23,24)25/h4-5,7-12,15H,3,6,13-14H2,1-2H3,(H,27,31)/t15-/m1/s1. The number of hydrogen-bond donors (Lipinski definition) is 1. The molecule has 0 unspecified atom stereocenters. The fourth-order valence-corrected chi connectivity index (χ4v) is 3.92. The first-order valence-corrected chi connectivity index (χ1v) is 11.2. The van der Waals surface area contributed by atoms with E-state index in [1.54, 1.807) is 19.3 Å². The normalized spacial score (nSPS) is 12.5. The van der Waals surface area contributed by atoms with Gasteiger partial charge in [0, 0.05) is 37.7 Å². The van der Waals surface area contributed by atoms with E-state index in [4.69, 9.17) is 4.74 Å². The highest BCUT2D eigenvalue weighted by Gasteiger charge is 2.34. The van der Waals surface area contributed by atoms with Gasteiger partial charge < -0.3 is 14.6 Å². The van der Waals surface area contributed by atoms with E-state index in [0.717, 1.165) is 23.4 Å². The quantitative estimate of drug-likeness (QED) is 0.329. The van der Waals surface area contributed by atoms with Crippen molar-refractivity contribution < 1.29 is 22.7 Å². The van der Waals surface area contributed by atoms with Gasteiger partial charge in [0.25, 0.3) is 0 Å². The molecule has 0 fully saturated rings. The summed E-state index contributed by atoms with van der Waals surface area (Å²) in [7, 11) is 0. The second kappa shape index (κ2) is 11.3. The third-order valence-corrected chi connectivity index (χ3v) is 5.75. The van der Waals surface area contributed by atoms with Gasteiger partial charge in [-0.25, -0.2) is 0 Å². The molecule has 0 aliphatic carbocycles. The summed E-state index contributed by atoms with van der Waals surface area (Å²) in [5, 5.41) is 10.7. The highest BCUT2D eigenvalue weighted by molar-refractivity contribution is 8.00. The van der Waals surface area contributed by atoms with Gasteiger partial charge in [0.05, 0.1) is 16.5 Å². The molecule has 1 atom stereocenters. The molecule has 0 saturated carbocycles. The van der Waals surface area contributed by atoms with Crippen molar-refractivity contribution in [2.45, 2.75) is 43.4 Å². The van der Waals surface area contributed by atoms with E-state index in [0.29, 0.717) is 37.2 Å². The molecule has 3 rings (SSSR count). The predicted octanol–water partition coefficient (Wildman–Crippen LogP) is 4.90. The van der Waals surface area contributed by atoms with E-state index >= 15 is 0 Å². The number of nitrogens with one attached hydrogen (secondary N) is 1. The Morgan fingerprint density at radius 2 is 1.91 bits per heavy atom. The number of pyridine rings is 1. The Bertz CT molecular complexity index is 1060. The largest absolute Gasteiger partial charge is 0.418 e. The Kier molecular flexibility index (Phi) is 8.45. The zero-order valence-corrected chi connectivity index (χ0v) is 19.0. The van der Waals surface area contributed by atoms with Gasteiger partial charge in [-0.05, 0) is 44.5 Å². The minimum absolute atomic E-state index is 0.280. The molecule has 2 heterocycles. The lowest BCUT2D eigenvalue weighted by atomic mass is 10.1. The third kappa shape index (κ3) is 6.55. The topological polar surface area (TPSA) is 81.9 Å². The summed E-state index contributed by atoms with van der Waals surface area (Å²) in [6.45, 7) is 5.25. The van der Waals surface area contributed by atoms with Crippen molar-refractivity contribution in [3.05, 3.63) is 54.4 Å². The first kappa shape index (κ1) is 24.7. The van der Waals surface area contributed by atoms with Crippen LogP contribution in [0, 0.1) is 0 Å². The maximum Gasteiger partial charge on any atom is 0.418 e. The number of aromatic nitrogens is 4. The van der Waals surface area contributed by atoms with Gasteiger partial charge >= 0.3 is 6.18 Å². The number of amides is 1. The minimum atomic E-state index is -4.57. The van der Waals surface area contributed by atoms with Crippen LogP contribution in [0.3, 0.4) is 0 Å². The van der Waals surface area contributed by atoms with Crippen LogP contribution >= 0.6 is 11.8 Å². The molecule has 2 aromatic heterocycles. The van der Waals surface area contributed by atoms with Crippen molar-refractivity contribution in [1.29, 1.82) is 0 Å². The summed E-state index contributed by atoms with van der Waals surface area (Å²) in [5.74, 6) is 0.0532. The minimum Gasteiger partial charge on any atom is -0.382 e. The van der Waals surface area contributed by atoms with Gasteiger partial charge in [0.15, 0.2) is 11.0 Å². The van der Waals surface area contributed by atoms with Crippen molar-refractivity contribution in [2.24, 2.45) is 0 Å². The predicted molar refractivity (Wildman–Crippen MR) is 120 cm³/mol. The van der Waals surface area contributed by atoms with E-state index < -0.39 is 22.9 Å². The Balaban J connectivity index is 1.78. The number of rotatable bonds is 10. The van der Waals surface area contributed by atoms with Crippen LogP contribution in [0.4, 0.5) is 18.9 Å². The summed E-state index contributed by atoms with van der Waals surface area (Å²) in [6, 6.07) is 8.50. The average molecular weight is 480 g/mol.